The van der Waals surface area contributed by atoms with Gasteiger partial charge in [-0.05, 0) is 41.8 Å². The van der Waals surface area contributed by atoms with Crippen LogP contribution < -0.4 is 10.1 Å². The first kappa shape index (κ1) is 17.2. The SMILES string of the molecule is COc1ccc(C(C)C)cc1/C=C1\N=C(c2cccc(Cl)c2)NC1=O. The smallest absolute Gasteiger partial charge is 0.275 e. The number of nitrogens with one attached hydrogen (secondary N) is 1. The minimum Gasteiger partial charge on any atom is -0.496 e. The van der Waals surface area contributed by atoms with Crippen molar-refractivity contribution in [2.45, 2.75) is 19.8 Å². The molecule has 128 valence electrons. The first-order chi connectivity index (χ1) is 12.0. The zero-order valence-electron chi connectivity index (χ0n) is 14.3. The minimum absolute atomic E-state index is 0.244. The molecule has 4 nitrogen and oxygen atoms in total. The molecule has 1 aliphatic heterocycles. The number of nitrogens with zero attached hydrogens (tertiary/aromatic N) is 1. The summed E-state index contributed by atoms with van der Waals surface area (Å²) < 4.78 is 5.41. The van der Waals surface area contributed by atoms with Gasteiger partial charge in [0.15, 0.2) is 0 Å². The van der Waals surface area contributed by atoms with Gasteiger partial charge in [-0.25, -0.2) is 4.99 Å². The van der Waals surface area contributed by atoms with Crippen molar-refractivity contribution in [2.75, 3.05) is 7.11 Å². The Morgan fingerprint density at radius 3 is 2.68 bits per heavy atom. The Morgan fingerprint density at radius 2 is 2.00 bits per heavy atom. The fourth-order valence-corrected chi connectivity index (χ4v) is 2.80. The lowest BCUT2D eigenvalue weighted by molar-refractivity contribution is -0.115. The first-order valence-electron chi connectivity index (χ1n) is 8.03. The van der Waals surface area contributed by atoms with Gasteiger partial charge in [0.1, 0.15) is 17.3 Å². The van der Waals surface area contributed by atoms with E-state index in [0.29, 0.717) is 28.2 Å². The van der Waals surface area contributed by atoms with E-state index in [0.717, 1.165) is 11.1 Å². The Morgan fingerprint density at radius 1 is 1.20 bits per heavy atom. The maximum atomic E-state index is 12.3. The van der Waals surface area contributed by atoms with E-state index < -0.39 is 0 Å². The predicted molar refractivity (Wildman–Crippen MR) is 101 cm³/mol. The van der Waals surface area contributed by atoms with Crippen LogP contribution in [0.4, 0.5) is 0 Å². The van der Waals surface area contributed by atoms with Crippen LogP contribution in [-0.4, -0.2) is 18.9 Å². The van der Waals surface area contributed by atoms with Gasteiger partial charge in [0.25, 0.3) is 5.91 Å². The van der Waals surface area contributed by atoms with E-state index in [1.807, 2.05) is 30.3 Å². The fraction of sp³-hybridized carbons (Fsp3) is 0.200. The van der Waals surface area contributed by atoms with E-state index in [-0.39, 0.29) is 5.91 Å². The van der Waals surface area contributed by atoms with Crippen molar-refractivity contribution < 1.29 is 9.53 Å². The number of carbonyl (C=O) groups excluding carboxylic acids is 1. The zero-order valence-corrected chi connectivity index (χ0v) is 15.1. The molecule has 0 aromatic heterocycles. The van der Waals surface area contributed by atoms with Gasteiger partial charge >= 0.3 is 0 Å². The number of methoxy groups -OCH3 is 1. The average Bonchev–Trinajstić information content (AvgIpc) is 2.95. The second-order valence-corrected chi connectivity index (χ2v) is 6.55. The summed E-state index contributed by atoms with van der Waals surface area (Å²) in [5, 5.41) is 3.38. The third-order valence-electron chi connectivity index (χ3n) is 4.01. The van der Waals surface area contributed by atoms with Gasteiger partial charge in [-0.3, -0.25) is 4.79 Å². The molecule has 0 radical (unpaired) electrons. The molecule has 2 aromatic rings. The van der Waals surface area contributed by atoms with Gasteiger partial charge in [-0.1, -0.05) is 43.6 Å². The number of rotatable bonds is 4. The summed E-state index contributed by atoms with van der Waals surface area (Å²) in [4.78, 5) is 16.7. The lowest BCUT2D eigenvalue weighted by Crippen LogP contribution is -2.24. The molecular formula is C20H19ClN2O2. The van der Waals surface area contributed by atoms with Gasteiger partial charge in [0, 0.05) is 16.1 Å². The van der Waals surface area contributed by atoms with Crippen molar-refractivity contribution in [3.8, 4) is 5.75 Å². The molecule has 0 unspecified atom stereocenters. The summed E-state index contributed by atoms with van der Waals surface area (Å²) in [5.74, 6) is 1.34. The Balaban J connectivity index is 2.01. The Kier molecular flexibility index (Phi) is 4.91. The summed E-state index contributed by atoms with van der Waals surface area (Å²) in [6, 6.07) is 13.2. The zero-order chi connectivity index (χ0) is 18.0. The molecule has 0 saturated carbocycles. The number of ether oxygens (including phenoxy) is 1. The van der Waals surface area contributed by atoms with Crippen molar-refractivity contribution in [1.29, 1.82) is 0 Å². The predicted octanol–water partition coefficient (Wildman–Crippen LogP) is 4.39. The fourth-order valence-electron chi connectivity index (χ4n) is 2.61. The van der Waals surface area contributed by atoms with Crippen molar-refractivity contribution in [3.63, 3.8) is 0 Å². The summed E-state index contributed by atoms with van der Waals surface area (Å²) in [5.41, 5.74) is 3.11. The molecule has 5 heteroatoms. The topological polar surface area (TPSA) is 50.7 Å². The second-order valence-electron chi connectivity index (χ2n) is 6.11. The number of halogens is 1. The van der Waals surface area contributed by atoms with E-state index in [1.54, 1.807) is 25.3 Å². The van der Waals surface area contributed by atoms with Crippen molar-refractivity contribution in [2.24, 2.45) is 4.99 Å². The maximum Gasteiger partial charge on any atom is 0.275 e. The molecular weight excluding hydrogens is 336 g/mol. The largest absolute Gasteiger partial charge is 0.496 e. The average molecular weight is 355 g/mol. The number of benzene rings is 2. The number of hydrogen-bond acceptors (Lipinski definition) is 3. The lowest BCUT2D eigenvalue weighted by Gasteiger charge is -2.10. The highest BCUT2D eigenvalue weighted by molar-refractivity contribution is 6.31. The van der Waals surface area contributed by atoms with E-state index in [4.69, 9.17) is 16.3 Å². The van der Waals surface area contributed by atoms with Crippen LogP contribution in [0.5, 0.6) is 5.75 Å². The van der Waals surface area contributed by atoms with Crippen LogP contribution in [0, 0.1) is 0 Å². The molecule has 0 spiro atoms. The van der Waals surface area contributed by atoms with Crippen molar-refractivity contribution in [3.05, 3.63) is 69.9 Å². The van der Waals surface area contributed by atoms with Crippen LogP contribution in [0.2, 0.25) is 5.02 Å². The molecule has 3 rings (SSSR count). The van der Waals surface area contributed by atoms with Crippen molar-refractivity contribution >= 4 is 29.4 Å². The third-order valence-corrected chi connectivity index (χ3v) is 4.24. The number of hydrogen-bond donors (Lipinski definition) is 1. The quantitative estimate of drug-likeness (QED) is 0.828. The minimum atomic E-state index is -0.244. The Bertz CT molecular complexity index is 885. The Labute approximate surface area is 152 Å². The van der Waals surface area contributed by atoms with E-state index >= 15 is 0 Å². The van der Waals surface area contributed by atoms with E-state index in [1.165, 1.54) is 5.56 Å². The summed E-state index contributed by atoms with van der Waals surface area (Å²) in [7, 11) is 1.61. The number of amidine groups is 1. The normalized spacial score (nSPS) is 15.5. The lowest BCUT2D eigenvalue weighted by atomic mass is 10.00. The standard InChI is InChI=1S/C20H19ClN2O2/c1-12(2)13-7-8-18(25-3)15(9-13)11-17-20(24)23-19(22-17)14-5-4-6-16(21)10-14/h4-12H,1-3H3,(H,22,23,24)/b17-11-. The molecule has 1 aliphatic rings. The molecule has 25 heavy (non-hydrogen) atoms. The summed E-state index contributed by atoms with van der Waals surface area (Å²) in [6.07, 6.45) is 1.75. The monoisotopic (exact) mass is 354 g/mol. The Hall–Kier alpha value is -2.59. The molecule has 0 saturated heterocycles. The van der Waals surface area contributed by atoms with Gasteiger partial charge in [0.2, 0.25) is 0 Å². The van der Waals surface area contributed by atoms with Crippen LogP contribution in [-0.2, 0) is 4.79 Å². The third kappa shape index (κ3) is 3.74. The van der Waals surface area contributed by atoms with Crippen LogP contribution in [0.1, 0.15) is 36.5 Å². The van der Waals surface area contributed by atoms with Gasteiger partial charge in [-0.15, -0.1) is 0 Å². The van der Waals surface area contributed by atoms with Crippen molar-refractivity contribution in [1.82, 2.24) is 5.32 Å². The van der Waals surface area contributed by atoms with E-state index in [9.17, 15) is 4.79 Å². The maximum absolute atomic E-state index is 12.3. The highest BCUT2D eigenvalue weighted by atomic mass is 35.5. The van der Waals surface area contributed by atoms with Gasteiger partial charge in [0.05, 0.1) is 7.11 Å². The molecule has 0 atom stereocenters. The van der Waals surface area contributed by atoms with Crippen LogP contribution in [0.25, 0.3) is 6.08 Å². The van der Waals surface area contributed by atoms with Crippen LogP contribution in [0.15, 0.2) is 53.2 Å². The molecule has 0 bridgehead atoms. The highest BCUT2D eigenvalue weighted by Crippen LogP contribution is 2.27. The van der Waals surface area contributed by atoms with Crippen LogP contribution >= 0.6 is 11.6 Å². The van der Waals surface area contributed by atoms with Gasteiger partial charge in [-0.2, -0.15) is 0 Å². The van der Waals surface area contributed by atoms with Gasteiger partial charge < -0.3 is 10.1 Å². The molecule has 1 heterocycles. The van der Waals surface area contributed by atoms with Crippen LogP contribution in [0.3, 0.4) is 0 Å². The summed E-state index contributed by atoms with van der Waals surface area (Å²) >= 11 is 6.01. The highest BCUT2D eigenvalue weighted by Gasteiger charge is 2.22. The summed E-state index contributed by atoms with van der Waals surface area (Å²) in [6.45, 7) is 4.24. The number of carbonyl (C=O) groups is 1. The molecule has 0 fully saturated rings. The second kappa shape index (κ2) is 7.11. The molecule has 1 N–H and O–H groups in total. The first-order valence-corrected chi connectivity index (χ1v) is 8.41. The number of amides is 1. The molecule has 1 amide bonds. The van der Waals surface area contributed by atoms with E-state index in [2.05, 4.69) is 24.2 Å². The molecule has 2 aromatic carbocycles. The molecule has 0 aliphatic carbocycles. The number of aliphatic imine (C=N–C) groups is 1.